The molecular formula is C21H14F2N6OS. The third-order valence-corrected chi connectivity index (χ3v) is 5.42. The molecule has 0 atom stereocenters. The van der Waals surface area contributed by atoms with E-state index >= 15 is 0 Å². The van der Waals surface area contributed by atoms with Gasteiger partial charge in [0.1, 0.15) is 16.5 Å². The number of nitrogens with one attached hydrogen (secondary N) is 1. The second kappa shape index (κ2) is 8.41. The molecule has 1 aromatic carbocycles. The summed E-state index contributed by atoms with van der Waals surface area (Å²) >= 11 is 1.21. The Morgan fingerprint density at radius 1 is 1.23 bits per heavy atom. The van der Waals surface area contributed by atoms with E-state index in [2.05, 4.69) is 25.2 Å². The number of amides is 1. The Kier molecular flexibility index (Phi) is 5.51. The van der Waals surface area contributed by atoms with Crippen LogP contribution in [0.15, 0.2) is 48.2 Å². The third kappa shape index (κ3) is 4.17. The van der Waals surface area contributed by atoms with Crippen molar-refractivity contribution in [3.8, 4) is 16.9 Å². The van der Waals surface area contributed by atoms with Gasteiger partial charge in [0, 0.05) is 17.8 Å². The summed E-state index contributed by atoms with van der Waals surface area (Å²) in [6, 6.07) is 7.12. The smallest absolute Gasteiger partial charge is 0.263 e. The monoisotopic (exact) mass is 436 g/mol. The van der Waals surface area contributed by atoms with E-state index in [-0.39, 0.29) is 23.8 Å². The molecule has 0 aliphatic carbocycles. The lowest BCUT2D eigenvalue weighted by Gasteiger charge is -2.07. The zero-order valence-corrected chi connectivity index (χ0v) is 17.0. The summed E-state index contributed by atoms with van der Waals surface area (Å²) in [4.78, 5) is 23.8. The normalized spacial score (nSPS) is 10.6. The predicted octanol–water partition coefficient (Wildman–Crippen LogP) is 4.46. The van der Waals surface area contributed by atoms with E-state index in [1.807, 2.05) is 0 Å². The summed E-state index contributed by atoms with van der Waals surface area (Å²) in [5.41, 5.74) is 3.54. The second-order valence-electron chi connectivity index (χ2n) is 6.50. The van der Waals surface area contributed by atoms with Gasteiger partial charge >= 0.3 is 0 Å². The summed E-state index contributed by atoms with van der Waals surface area (Å²) in [7, 11) is 0. The van der Waals surface area contributed by atoms with Crippen LogP contribution in [-0.2, 0) is 6.54 Å². The summed E-state index contributed by atoms with van der Waals surface area (Å²) in [5, 5.41) is 6.96. The molecule has 31 heavy (non-hydrogen) atoms. The number of rotatable bonds is 5. The van der Waals surface area contributed by atoms with Crippen molar-refractivity contribution < 1.29 is 13.6 Å². The summed E-state index contributed by atoms with van der Waals surface area (Å²) in [6.07, 6.45) is 3.03. The lowest BCUT2D eigenvalue weighted by Crippen LogP contribution is -2.23. The van der Waals surface area contributed by atoms with Crippen molar-refractivity contribution in [3.63, 3.8) is 0 Å². The summed E-state index contributed by atoms with van der Waals surface area (Å²) < 4.78 is 29.8. The molecule has 7 nitrogen and oxygen atoms in total. The van der Waals surface area contributed by atoms with Gasteiger partial charge in [-0.15, -0.1) is 11.3 Å². The van der Waals surface area contributed by atoms with Crippen LogP contribution in [-0.4, -0.2) is 25.7 Å². The van der Waals surface area contributed by atoms with Crippen molar-refractivity contribution in [2.24, 2.45) is 0 Å². The van der Waals surface area contributed by atoms with Gasteiger partial charge in [-0.25, -0.2) is 23.3 Å². The zero-order valence-electron chi connectivity index (χ0n) is 16.1. The van der Waals surface area contributed by atoms with Crippen molar-refractivity contribution in [2.75, 3.05) is 0 Å². The number of hydrogen-bond acceptors (Lipinski definition) is 5. The average Bonchev–Trinajstić information content (AvgIpc) is 3.42. The van der Waals surface area contributed by atoms with E-state index in [0.717, 1.165) is 0 Å². The molecule has 0 spiro atoms. The molecule has 0 saturated heterocycles. The van der Waals surface area contributed by atoms with Gasteiger partial charge in [0.05, 0.1) is 47.6 Å². The lowest BCUT2D eigenvalue weighted by molar-refractivity contribution is 0.0953. The highest BCUT2D eigenvalue weighted by Crippen LogP contribution is 2.25. The van der Waals surface area contributed by atoms with Crippen molar-refractivity contribution >= 4 is 22.9 Å². The van der Waals surface area contributed by atoms with Gasteiger partial charge in [0.2, 0.25) is 5.69 Å². The highest BCUT2D eigenvalue weighted by Gasteiger charge is 2.14. The third-order valence-electron chi connectivity index (χ3n) is 4.49. The molecule has 1 amide bonds. The number of benzene rings is 1. The molecule has 0 unspecified atom stereocenters. The molecule has 3 aromatic heterocycles. The van der Waals surface area contributed by atoms with Crippen LogP contribution < -0.4 is 5.32 Å². The minimum Gasteiger partial charge on any atom is -0.346 e. The Hall–Kier alpha value is -3.97. The highest BCUT2D eigenvalue weighted by atomic mass is 32.1. The van der Waals surface area contributed by atoms with Gasteiger partial charge < -0.3 is 5.32 Å². The Morgan fingerprint density at radius 2 is 2.06 bits per heavy atom. The van der Waals surface area contributed by atoms with Crippen molar-refractivity contribution in [1.82, 2.24) is 25.1 Å². The quantitative estimate of drug-likeness (QED) is 0.469. The largest absolute Gasteiger partial charge is 0.346 e. The minimum atomic E-state index is -0.630. The maximum atomic E-state index is 14.5. The zero-order chi connectivity index (χ0) is 22.0. The van der Waals surface area contributed by atoms with Crippen LogP contribution in [0.2, 0.25) is 0 Å². The number of aryl methyl sites for hydroxylation is 1. The van der Waals surface area contributed by atoms with E-state index in [9.17, 15) is 13.6 Å². The molecule has 0 aliphatic heterocycles. The van der Waals surface area contributed by atoms with Crippen LogP contribution in [0.25, 0.3) is 21.8 Å². The van der Waals surface area contributed by atoms with Crippen LogP contribution in [0.5, 0.6) is 0 Å². The van der Waals surface area contributed by atoms with Gasteiger partial charge in [0.15, 0.2) is 0 Å². The Bertz CT molecular complexity index is 1320. The molecule has 0 fully saturated rings. The molecule has 154 valence electrons. The molecule has 10 heteroatoms. The fourth-order valence-corrected chi connectivity index (χ4v) is 3.57. The first kappa shape index (κ1) is 20.3. The molecule has 0 radical (unpaired) electrons. The fourth-order valence-electron chi connectivity index (χ4n) is 2.85. The maximum absolute atomic E-state index is 14.5. The number of carbonyl (C=O) groups is 1. The second-order valence-corrected chi connectivity index (χ2v) is 7.35. The van der Waals surface area contributed by atoms with E-state index in [4.69, 9.17) is 6.57 Å². The molecular weight excluding hydrogens is 422 g/mol. The highest BCUT2D eigenvalue weighted by molar-refractivity contribution is 7.11. The van der Waals surface area contributed by atoms with Gasteiger partial charge in [-0.2, -0.15) is 5.10 Å². The number of nitrogens with zero attached hydrogens (tertiary/aromatic N) is 5. The minimum absolute atomic E-state index is 0.0670. The number of thiazole rings is 1. The Balaban J connectivity index is 1.50. The predicted molar refractivity (Wildman–Crippen MR) is 111 cm³/mol. The number of carbonyl (C=O) groups excluding carboxylic acids is 1. The SMILES string of the molecule is [C-]#[N+]c1ccc(-c2ccn(-c3cnc(CNC(=O)c4scnc4C)c(F)c3)n2)cc1F. The summed E-state index contributed by atoms with van der Waals surface area (Å²) in [5.74, 6) is -1.56. The van der Waals surface area contributed by atoms with Crippen LogP contribution >= 0.6 is 11.3 Å². The molecule has 3 heterocycles. The molecule has 0 aliphatic rings. The number of halogens is 2. The van der Waals surface area contributed by atoms with Crippen LogP contribution in [0.1, 0.15) is 21.1 Å². The topological polar surface area (TPSA) is 77.1 Å². The molecule has 0 saturated carbocycles. The standard InChI is InChI=1S/C21H14F2N6OS/c1-12-20(31-11-27-12)21(30)26-10-19-16(23)8-14(9-25-19)29-6-5-17(28-29)13-3-4-18(24-2)15(22)7-13/h3-9,11H,10H2,1H3,(H,26,30). The van der Waals surface area contributed by atoms with Crippen molar-refractivity contribution in [2.45, 2.75) is 13.5 Å². The van der Waals surface area contributed by atoms with E-state index in [0.29, 0.717) is 27.5 Å². The van der Waals surface area contributed by atoms with Crippen LogP contribution in [0.4, 0.5) is 14.5 Å². The van der Waals surface area contributed by atoms with E-state index in [1.54, 1.807) is 30.8 Å². The van der Waals surface area contributed by atoms with Gasteiger partial charge in [-0.1, -0.05) is 12.1 Å². The van der Waals surface area contributed by atoms with E-state index in [1.165, 1.54) is 40.4 Å². The number of hydrogen-bond donors (Lipinski definition) is 1. The Morgan fingerprint density at radius 3 is 2.74 bits per heavy atom. The maximum Gasteiger partial charge on any atom is 0.263 e. The van der Waals surface area contributed by atoms with Gasteiger partial charge in [-0.05, 0) is 19.1 Å². The number of pyridine rings is 1. The van der Waals surface area contributed by atoms with Gasteiger partial charge in [-0.3, -0.25) is 9.78 Å². The van der Waals surface area contributed by atoms with E-state index < -0.39 is 11.6 Å². The van der Waals surface area contributed by atoms with Crippen molar-refractivity contribution in [3.05, 3.63) is 87.6 Å². The first-order chi connectivity index (χ1) is 15.0. The first-order valence-corrected chi connectivity index (χ1v) is 9.90. The summed E-state index contributed by atoms with van der Waals surface area (Å²) in [6.45, 7) is 8.57. The first-order valence-electron chi connectivity index (χ1n) is 9.02. The molecule has 4 rings (SSSR count). The fraction of sp³-hybridized carbons (Fsp3) is 0.0952. The molecule has 4 aromatic rings. The van der Waals surface area contributed by atoms with Crippen LogP contribution in [0.3, 0.4) is 0 Å². The molecule has 1 N–H and O–H groups in total. The lowest BCUT2D eigenvalue weighted by atomic mass is 10.1. The van der Waals surface area contributed by atoms with Gasteiger partial charge in [0.25, 0.3) is 5.91 Å². The van der Waals surface area contributed by atoms with Crippen molar-refractivity contribution in [1.29, 1.82) is 0 Å². The van der Waals surface area contributed by atoms with Crippen LogP contribution in [0, 0.1) is 25.1 Å². The Labute approximate surface area is 179 Å². The average molecular weight is 436 g/mol. The number of aromatic nitrogens is 4. The molecule has 0 bridgehead atoms.